The largest absolute Gasteiger partial charge is 0.159 e. The molecular weight excluding hydrogens is 164 g/mol. The van der Waals surface area contributed by atoms with Gasteiger partial charge >= 0.3 is 0 Å². The minimum atomic E-state index is 0.833. The summed E-state index contributed by atoms with van der Waals surface area (Å²) in [5, 5.41) is 0.975. The minimum Gasteiger partial charge on any atom is -0.159 e. The maximum atomic E-state index is 5.57. The van der Waals surface area contributed by atoms with Crippen LogP contribution in [0.5, 0.6) is 0 Å². The van der Waals surface area contributed by atoms with E-state index in [-0.39, 0.29) is 0 Å². The molecule has 0 saturated heterocycles. The van der Waals surface area contributed by atoms with Crippen LogP contribution in [0.25, 0.3) is 0 Å². The highest BCUT2D eigenvalue weighted by atomic mass is 35.5. The van der Waals surface area contributed by atoms with Crippen LogP contribution in [0.3, 0.4) is 0 Å². The monoisotopic (exact) mass is 178 g/mol. The van der Waals surface area contributed by atoms with E-state index >= 15 is 0 Å². The quantitative estimate of drug-likeness (QED) is 0.470. The maximum absolute atomic E-state index is 5.57. The first-order valence-corrected chi connectivity index (χ1v) is 5.69. The molecule has 0 amide bonds. The number of halogens is 1. The van der Waals surface area contributed by atoms with E-state index < -0.39 is 0 Å². The van der Waals surface area contributed by atoms with Crippen LogP contribution in [0.4, 0.5) is 0 Å². The van der Waals surface area contributed by atoms with E-state index in [1.54, 1.807) is 0 Å². The first-order valence-electron chi connectivity index (χ1n) is 4.11. The second kappa shape index (κ2) is 5.31. The molecular formula is C8H15ClS. The highest BCUT2D eigenvalue weighted by molar-refractivity contribution is 7.99. The van der Waals surface area contributed by atoms with Gasteiger partial charge in [-0.3, -0.25) is 0 Å². The van der Waals surface area contributed by atoms with E-state index in [1.165, 1.54) is 37.9 Å². The lowest BCUT2D eigenvalue weighted by Crippen LogP contribution is -1.95. The Bertz CT molecular complexity index is 79.3. The van der Waals surface area contributed by atoms with E-state index in [0.29, 0.717) is 0 Å². The van der Waals surface area contributed by atoms with Crippen LogP contribution in [-0.2, 0) is 0 Å². The summed E-state index contributed by atoms with van der Waals surface area (Å²) < 4.78 is 0. The first-order chi connectivity index (χ1) is 4.93. The Morgan fingerprint density at radius 1 is 1.30 bits per heavy atom. The molecule has 0 aromatic heterocycles. The van der Waals surface area contributed by atoms with E-state index in [0.717, 1.165) is 11.1 Å². The molecule has 10 heavy (non-hydrogen) atoms. The molecule has 0 aromatic rings. The van der Waals surface area contributed by atoms with Crippen molar-refractivity contribution in [1.29, 1.82) is 0 Å². The molecule has 0 nitrogen and oxygen atoms in total. The number of thioether (sulfide) groups is 1. The van der Waals surface area contributed by atoms with Gasteiger partial charge in [-0.05, 0) is 25.0 Å². The molecule has 0 heterocycles. The van der Waals surface area contributed by atoms with Gasteiger partial charge in [-0.2, -0.15) is 11.8 Å². The van der Waals surface area contributed by atoms with Gasteiger partial charge in [0.1, 0.15) is 0 Å². The van der Waals surface area contributed by atoms with Gasteiger partial charge in [0, 0.05) is 11.1 Å². The molecule has 0 radical (unpaired) electrons. The topological polar surface area (TPSA) is 0 Å². The summed E-state index contributed by atoms with van der Waals surface area (Å²) in [5.41, 5.74) is 0. The Labute approximate surface area is 72.7 Å². The smallest absolute Gasteiger partial charge is 0.0231 e. The molecule has 0 unspecified atom stereocenters. The highest BCUT2D eigenvalue weighted by Crippen LogP contribution is 2.29. The maximum Gasteiger partial charge on any atom is 0.0231 e. The van der Waals surface area contributed by atoms with Crippen molar-refractivity contribution in [3.63, 3.8) is 0 Å². The molecule has 0 spiro atoms. The molecule has 0 aromatic carbocycles. The SMILES string of the molecule is ClCCCSC1CCCC1. The number of hydrogen-bond acceptors (Lipinski definition) is 1. The summed E-state index contributed by atoms with van der Waals surface area (Å²) in [7, 11) is 0. The zero-order valence-electron chi connectivity index (χ0n) is 6.31. The van der Waals surface area contributed by atoms with Crippen molar-refractivity contribution >= 4 is 23.4 Å². The molecule has 60 valence electrons. The van der Waals surface area contributed by atoms with E-state index in [2.05, 4.69) is 11.8 Å². The lowest BCUT2D eigenvalue weighted by Gasteiger charge is -2.06. The van der Waals surface area contributed by atoms with Crippen molar-refractivity contribution < 1.29 is 0 Å². The average Bonchev–Trinajstić information content (AvgIpc) is 2.41. The van der Waals surface area contributed by atoms with Crippen molar-refractivity contribution in [2.75, 3.05) is 11.6 Å². The molecule has 0 N–H and O–H groups in total. The second-order valence-corrected chi connectivity index (χ2v) is 4.61. The number of alkyl halides is 1. The molecule has 0 atom stereocenters. The minimum absolute atomic E-state index is 0.833. The van der Waals surface area contributed by atoms with Crippen molar-refractivity contribution in [3.05, 3.63) is 0 Å². The second-order valence-electron chi connectivity index (χ2n) is 2.82. The molecule has 1 rings (SSSR count). The lowest BCUT2D eigenvalue weighted by atomic mass is 10.4. The fraction of sp³-hybridized carbons (Fsp3) is 1.00. The van der Waals surface area contributed by atoms with Crippen LogP contribution >= 0.6 is 23.4 Å². The van der Waals surface area contributed by atoms with Crippen LogP contribution in [0, 0.1) is 0 Å². The molecule has 0 aliphatic heterocycles. The predicted octanol–water partition coefficient (Wildman–Crippen LogP) is 3.29. The number of rotatable bonds is 4. The van der Waals surface area contributed by atoms with Crippen molar-refractivity contribution in [2.45, 2.75) is 37.4 Å². The van der Waals surface area contributed by atoms with Crippen LogP contribution in [0.1, 0.15) is 32.1 Å². The standard InChI is InChI=1S/C8H15ClS/c9-6-3-7-10-8-4-1-2-5-8/h8H,1-7H2. The van der Waals surface area contributed by atoms with Crippen molar-refractivity contribution in [1.82, 2.24) is 0 Å². The zero-order chi connectivity index (χ0) is 7.23. The lowest BCUT2D eigenvalue weighted by molar-refractivity contribution is 0.886. The van der Waals surface area contributed by atoms with Gasteiger partial charge in [0.05, 0.1) is 0 Å². The van der Waals surface area contributed by atoms with E-state index in [1.807, 2.05) is 0 Å². The fourth-order valence-corrected chi connectivity index (χ4v) is 2.96. The van der Waals surface area contributed by atoms with Crippen LogP contribution in [0.15, 0.2) is 0 Å². The van der Waals surface area contributed by atoms with Gasteiger partial charge in [-0.1, -0.05) is 12.8 Å². The predicted molar refractivity (Wildman–Crippen MR) is 50.1 cm³/mol. The van der Waals surface area contributed by atoms with Gasteiger partial charge in [0.25, 0.3) is 0 Å². The number of hydrogen-bond donors (Lipinski definition) is 0. The molecule has 2 heteroatoms. The fourth-order valence-electron chi connectivity index (χ4n) is 1.36. The summed E-state index contributed by atoms with van der Waals surface area (Å²) in [4.78, 5) is 0. The summed E-state index contributed by atoms with van der Waals surface area (Å²) in [6.45, 7) is 0. The molecule has 1 saturated carbocycles. The summed E-state index contributed by atoms with van der Waals surface area (Å²) in [5.74, 6) is 2.11. The van der Waals surface area contributed by atoms with Crippen LogP contribution < -0.4 is 0 Å². The third-order valence-corrected chi connectivity index (χ3v) is 3.67. The molecule has 1 aliphatic rings. The molecule has 1 fully saturated rings. The van der Waals surface area contributed by atoms with Gasteiger partial charge in [-0.15, -0.1) is 11.6 Å². The van der Waals surface area contributed by atoms with Crippen molar-refractivity contribution in [3.8, 4) is 0 Å². The Hall–Kier alpha value is 0.640. The van der Waals surface area contributed by atoms with Crippen molar-refractivity contribution in [2.24, 2.45) is 0 Å². The summed E-state index contributed by atoms with van der Waals surface area (Å²) in [6.07, 6.45) is 7.00. The van der Waals surface area contributed by atoms with E-state index in [9.17, 15) is 0 Å². The van der Waals surface area contributed by atoms with E-state index in [4.69, 9.17) is 11.6 Å². The third-order valence-electron chi connectivity index (χ3n) is 1.93. The molecule has 1 aliphatic carbocycles. The summed E-state index contributed by atoms with van der Waals surface area (Å²) >= 11 is 7.70. The van der Waals surface area contributed by atoms with Crippen LogP contribution in [-0.4, -0.2) is 16.9 Å². The Morgan fingerprint density at radius 2 is 2.00 bits per heavy atom. The Morgan fingerprint density at radius 3 is 2.60 bits per heavy atom. The van der Waals surface area contributed by atoms with Gasteiger partial charge < -0.3 is 0 Å². The zero-order valence-corrected chi connectivity index (χ0v) is 7.89. The van der Waals surface area contributed by atoms with Gasteiger partial charge in [-0.25, -0.2) is 0 Å². The van der Waals surface area contributed by atoms with Gasteiger partial charge in [0.15, 0.2) is 0 Å². The summed E-state index contributed by atoms with van der Waals surface area (Å²) in [6, 6.07) is 0. The first kappa shape index (κ1) is 8.73. The molecule has 0 bridgehead atoms. The highest BCUT2D eigenvalue weighted by Gasteiger charge is 2.14. The Balaban J connectivity index is 1.91. The van der Waals surface area contributed by atoms with Gasteiger partial charge in [0.2, 0.25) is 0 Å². The normalized spacial score (nSPS) is 20.1. The van der Waals surface area contributed by atoms with Crippen LogP contribution in [0.2, 0.25) is 0 Å². The Kier molecular flexibility index (Phi) is 4.64. The third kappa shape index (κ3) is 3.16. The average molecular weight is 179 g/mol.